The molecule has 0 aromatic heterocycles. The minimum Gasteiger partial charge on any atom is -0.493 e. The van der Waals surface area contributed by atoms with Gasteiger partial charge in [0.2, 0.25) is 0 Å². The number of methoxy groups -OCH3 is 1. The van der Waals surface area contributed by atoms with E-state index >= 15 is 0 Å². The topological polar surface area (TPSA) is 38.8 Å². The molecule has 1 aromatic rings. The molecule has 130 valence electrons. The minimum absolute atomic E-state index is 0.225. The van der Waals surface area contributed by atoms with Gasteiger partial charge in [-0.3, -0.25) is 9.69 Å². The molecule has 2 bridgehead atoms. The van der Waals surface area contributed by atoms with Crippen LogP contribution in [0.15, 0.2) is 23.8 Å². The molecule has 0 amide bonds. The molecule has 6 rings (SSSR count). The highest BCUT2D eigenvalue weighted by Gasteiger charge is 2.63. The summed E-state index contributed by atoms with van der Waals surface area (Å²) in [5, 5.41) is 0. The summed E-state index contributed by atoms with van der Waals surface area (Å²) in [5.41, 5.74) is 3.86. The standard InChI is InChI=1S/C21H23NO3/c1-24-17-7-4-13-10-15-14-5-6-16(23)20-21(14,18(13)19(17)25-20)8-9-22(15)11-12-2-3-12/h4-5,7,12,15,20H,2-3,6,8-11H2,1H3/t15-,20+,21+/m1/s1. The minimum atomic E-state index is -0.344. The maximum absolute atomic E-state index is 12.8. The Morgan fingerprint density at radius 2 is 2.24 bits per heavy atom. The first-order valence-electron chi connectivity index (χ1n) is 9.56. The highest BCUT2D eigenvalue weighted by molar-refractivity contribution is 5.92. The first kappa shape index (κ1) is 14.4. The summed E-state index contributed by atoms with van der Waals surface area (Å²) in [5.74, 6) is 2.72. The molecule has 1 aromatic carbocycles. The van der Waals surface area contributed by atoms with Crippen LogP contribution in [0.5, 0.6) is 11.5 Å². The number of likely N-dealkylation sites (tertiary alicyclic amines) is 1. The molecule has 0 N–H and O–H groups in total. The van der Waals surface area contributed by atoms with Gasteiger partial charge in [-0.1, -0.05) is 12.1 Å². The van der Waals surface area contributed by atoms with Crippen molar-refractivity contribution in [3.63, 3.8) is 0 Å². The quantitative estimate of drug-likeness (QED) is 0.795. The lowest BCUT2D eigenvalue weighted by molar-refractivity contribution is -0.128. The second kappa shape index (κ2) is 4.67. The fourth-order valence-corrected chi connectivity index (χ4v) is 5.83. The molecule has 5 aliphatic rings. The average Bonchev–Trinajstić information content (AvgIpc) is 3.36. The van der Waals surface area contributed by atoms with Crippen LogP contribution in [-0.4, -0.2) is 43.0 Å². The maximum Gasteiger partial charge on any atom is 0.178 e. The van der Waals surface area contributed by atoms with Crippen LogP contribution in [-0.2, 0) is 16.6 Å². The number of Topliss-reactive ketones (excluding diaryl/α,β-unsaturated/α-hetero) is 1. The van der Waals surface area contributed by atoms with E-state index in [4.69, 9.17) is 9.47 Å². The highest BCUT2D eigenvalue weighted by atomic mass is 16.5. The third-order valence-electron chi connectivity index (χ3n) is 7.08. The number of carbonyl (C=O) groups excluding carboxylic acids is 1. The summed E-state index contributed by atoms with van der Waals surface area (Å²) >= 11 is 0. The molecule has 1 saturated carbocycles. The number of piperidine rings is 1. The van der Waals surface area contributed by atoms with Gasteiger partial charge in [-0.25, -0.2) is 0 Å². The molecule has 4 heteroatoms. The van der Waals surface area contributed by atoms with E-state index in [1.54, 1.807) is 7.11 Å². The van der Waals surface area contributed by atoms with Gasteiger partial charge in [0.05, 0.1) is 12.5 Å². The summed E-state index contributed by atoms with van der Waals surface area (Å²) in [7, 11) is 1.68. The van der Waals surface area contributed by atoms with E-state index in [2.05, 4.69) is 17.0 Å². The maximum atomic E-state index is 12.8. The van der Waals surface area contributed by atoms with E-state index in [0.29, 0.717) is 12.5 Å². The zero-order chi connectivity index (χ0) is 16.8. The Labute approximate surface area is 147 Å². The molecular formula is C21H23NO3. The second-order valence-electron chi connectivity index (χ2n) is 8.34. The van der Waals surface area contributed by atoms with Gasteiger partial charge in [0.25, 0.3) is 0 Å². The number of hydrogen-bond donors (Lipinski definition) is 0. The van der Waals surface area contributed by atoms with Gasteiger partial charge < -0.3 is 9.47 Å². The van der Waals surface area contributed by atoms with Crippen LogP contribution >= 0.6 is 0 Å². The third-order valence-corrected chi connectivity index (χ3v) is 7.08. The van der Waals surface area contributed by atoms with E-state index in [1.165, 1.54) is 36.1 Å². The number of carbonyl (C=O) groups is 1. The van der Waals surface area contributed by atoms with Gasteiger partial charge in [0.15, 0.2) is 23.4 Å². The second-order valence-corrected chi connectivity index (χ2v) is 8.34. The van der Waals surface area contributed by atoms with E-state index in [1.807, 2.05) is 6.07 Å². The zero-order valence-electron chi connectivity index (χ0n) is 14.6. The monoisotopic (exact) mass is 337 g/mol. The highest BCUT2D eigenvalue weighted by Crippen LogP contribution is 2.61. The van der Waals surface area contributed by atoms with Crippen molar-refractivity contribution >= 4 is 5.78 Å². The summed E-state index contributed by atoms with van der Waals surface area (Å²) < 4.78 is 11.9. The van der Waals surface area contributed by atoms with Crippen molar-refractivity contribution in [1.82, 2.24) is 4.90 Å². The van der Waals surface area contributed by atoms with Gasteiger partial charge in [0, 0.05) is 31.1 Å². The molecule has 1 spiro atoms. The van der Waals surface area contributed by atoms with E-state index in [9.17, 15) is 4.79 Å². The van der Waals surface area contributed by atoms with Crippen LogP contribution in [0.4, 0.5) is 0 Å². The van der Waals surface area contributed by atoms with E-state index in [0.717, 1.165) is 36.8 Å². The normalized spacial score (nSPS) is 35.1. The van der Waals surface area contributed by atoms with Crippen LogP contribution in [0.1, 0.15) is 36.8 Å². The Morgan fingerprint density at radius 3 is 3.04 bits per heavy atom. The van der Waals surface area contributed by atoms with Crippen molar-refractivity contribution in [3.8, 4) is 11.5 Å². The molecule has 4 nitrogen and oxygen atoms in total. The molecule has 0 unspecified atom stereocenters. The molecule has 1 saturated heterocycles. The summed E-state index contributed by atoms with van der Waals surface area (Å²) in [6.07, 6.45) is 7.21. The van der Waals surface area contributed by atoms with E-state index in [-0.39, 0.29) is 17.3 Å². The molecule has 3 aliphatic carbocycles. The van der Waals surface area contributed by atoms with Crippen LogP contribution in [0, 0.1) is 5.92 Å². The van der Waals surface area contributed by atoms with E-state index < -0.39 is 0 Å². The summed E-state index contributed by atoms with van der Waals surface area (Å²) in [6, 6.07) is 4.66. The van der Waals surface area contributed by atoms with Crippen molar-refractivity contribution in [2.45, 2.75) is 49.7 Å². The Hall–Kier alpha value is -1.81. The number of ether oxygens (including phenoxy) is 2. The molecular weight excluding hydrogens is 314 g/mol. The Bertz CT molecular complexity index is 825. The van der Waals surface area contributed by atoms with Gasteiger partial charge in [0.1, 0.15) is 0 Å². The van der Waals surface area contributed by atoms with Crippen molar-refractivity contribution in [2.75, 3.05) is 20.2 Å². The van der Waals surface area contributed by atoms with Gasteiger partial charge in [-0.15, -0.1) is 0 Å². The van der Waals surface area contributed by atoms with Crippen LogP contribution in [0.25, 0.3) is 0 Å². The molecule has 3 atom stereocenters. The summed E-state index contributed by atoms with van der Waals surface area (Å²) in [6.45, 7) is 2.29. The molecule has 0 radical (unpaired) electrons. The smallest absolute Gasteiger partial charge is 0.178 e. The number of allylic oxidation sites excluding steroid dienone is 1. The lowest BCUT2D eigenvalue weighted by Crippen LogP contribution is -2.61. The molecule has 2 heterocycles. The van der Waals surface area contributed by atoms with Gasteiger partial charge in [-0.2, -0.15) is 0 Å². The number of hydrogen-bond acceptors (Lipinski definition) is 4. The van der Waals surface area contributed by atoms with Gasteiger partial charge in [-0.05, 0) is 48.8 Å². The van der Waals surface area contributed by atoms with Crippen LogP contribution < -0.4 is 9.47 Å². The van der Waals surface area contributed by atoms with Crippen molar-refractivity contribution in [2.24, 2.45) is 5.92 Å². The number of ketones is 1. The first-order valence-corrected chi connectivity index (χ1v) is 9.56. The Balaban J connectivity index is 1.56. The number of benzene rings is 1. The Morgan fingerprint density at radius 1 is 1.36 bits per heavy atom. The molecule has 2 fully saturated rings. The predicted molar refractivity (Wildman–Crippen MR) is 93.2 cm³/mol. The van der Waals surface area contributed by atoms with Crippen LogP contribution in [0.2, 0.25) is 0 Å². The van der Waals surface area contributed by atoms with Crippen molar-refractivity contribution in [1.29, 1.82) is 0 Å². The van der Waals surface area contributed by atoms with Crippen molar-refractivity contribution < 1.29 is 14.3 Å². The Kier molecular flexibility index (Phi) is 2.68. The third kappa shape index (κ3) is 1.69. The largest absolute Gasteiger partial charge is 0.493 e. The van der Waals surface area contributed by atoms with Gasteiger partial charge >= 0.3 is 0 Å². The fraction of sp³-hybridized carbons (Fsp3) is 0.571. The molecule has 2 aliphatic heterocycles. The zero-order valence-corrected chi connectivity index (χ0v) is 14.6. The SMILES string of the molecule is COc1ccc2c3c1O[C@H]1C(=O)CC=C4[C@@H](C2)N(CC2CC2)CC[C@]431. The fourth-order valence-electron chi connectivity index (χ4n) is 5.83. The lowest BCUT2D eigenvalue weighted by atomic mass is 9.56. The lowest BCUT2D eigenvalue weighted by Gasteiger charge is -2.53. The van der Waals surface area contributed by atoms with Crippen LogP contribution in [0.3, 0.4) is 0 Å². The predicted octanol–water partition coefficient (Wildman–Crippen LogP) is 2.63. The molecule has 25 heavy (non-hydrogen) atoms. The van der Waals surface area contributed by atoms with Crippen molar-refractivity contribution in [3.05, 3.63) is 34.9 Å². The average molecular weight is 337 g/mol. The number of rotatable bonds is 3. The number of nitrogens with zero attached hydrogens (tertiary/aromatic N) is 1. The first-order chi connectivity index (χ1) is 12.2. The summed E-state index contributed by atoms with van der Waals surface area (Å²) in [4.78, 5) is 15.5.